The van der Waals surface area contributed by atoms with Crippen LogP contribution in [0.1, 0.15) is 59.1 Å². The van der Waals surface area contributed by atoms with Crippen LogP contribution < -0.4 is 0 Å². The molecule has 0 radical (unpaired) electrons. The van der Waals surface area contributed by atoms with Gasteiger partial charge in [-0.25, -0.2) is 0 Å². The Kier molecular flexibility index (Phi) is 13.3. The van der Waals surface area contributed by atoms with Crippen molar-refractivity contribution in [3.8, 4) is 0 Å². The third-order valence-electron chi connectivity index (χ3n) is 5.59. The van der Waals surface area contributed by atoms with Crippen molar-refractivity contribution in [2.24, 2.45) is 4.99 Å². The molecule has 0 saturated carbocycles. The van der Waals surface area contributed by atoms with E-state index >= 15 is 0 Å². The monoisotopic (exact) mass is 456 g/mol. The Morgan fingerprint density at radius 1 is 0.971 bits per heavy atom. The minimum Gasteiger partial charge on any atom is -0.353 e. The van der Waals surface area contributed by atoms with Gasteiger partial charge in [-0.05, 0) is 60.7 Å². The fourth-order valence-electron chi connectivity index (χ4n) is 3.84. The number of hydrogen-bond donors (Lipinski definition) is 0. The van der Waals surface area contributed by atoms with Crippen LogP contribution in [0.5, 0.6) is 0 Å². The highest BCUT2D eigenvalue weighted by Gasteiger charge is 2.20. The molecule has 182 valence electrons. The quantitative estimate of drug-likeness (QED) is 0.362. The van der Waals surface area contributed by atoms with Gasteiger partial charge in [0.25, 0.3) is 0 Å². The molecule has 0 aliphatic carbocycles. The van der Waals surface area contributed by atoms with Crippen LogP contribution in [-0.2, 0) is 6.54 Å². The number of fused-ring (bicyclic) bond motifs is 1. The zero-order chi connectivity index (χ0) is 25.5. The van der Waals surface area contributed by atoms with Crippen molar-refractivity contribution in [2.75, 3.05) is 6.54 Å². The van der Waals surface area contributed by atoms with E-state index in [0.717, 1.165) is 25.1 Å². The predicted molar refractivity (Wildman–Crippen MR) is 155 cm³/mol. The molecule has 1 aliphatic rings. The standard InChI is InChI=1S/C28H32N2.2C2H6/c1-6-8-25(7-2)23(5)11-9-22(4)16-28-18-29-20-30(28)19-24-12-14-26-15-21(3)10-13-27(26)17-24;2*1-2/h6-15,17,20,28H,1-2,16,18-19H2,3-5H3;2*1-2H3/b22-9+,23-11+,25-8+;;. The molecule has 0 fully saturated rings. The molecule has 3 rings (SSSR count). The van der Waals surface area contributed by atoms with Crippen LogP contribution in [0.3, 0.4) is 0 Å². The van der Waals surface area contributed by atoms with Crippen LogP contribution in [0.15, 0.2) is 102 Å². The molecule has 2 nitrogen and oxygen atoms in total. The average molecular weight is 457 g/mol. The van der Waals surface area contributed by atoms with Gasteiger partial charge in [0.1, 0.15) is 0 Å². The predicted octanol–water partition coefficient (Wildman–Crippen LogP) is 8.99. The van der Waals surface area contributed by atoms with Crippen LogP contribution in [0.25, 0.3) is 10.8 Å². The van der Waals surface area contributed by atoms with Gasteiger partial charge in [0.2, 0.25) is 0 Å². The normalized spacial score (nSPS) is 15.9. The van der Waals surface area contributed by atoms with E-state index < -0.39 is 0 Å². The molecule has 0 N–H and O–H groups in total. The molecule has 0 spiro atoms. The first kappa shape index (κ1) is 28.9. The molecule has 2 aromatic rings. The SMILES string of the molecule is C=C/C=C(C=C)/C(C)=C/C=C(\C)CC1CN=CN1Cc1ccc2cc(C)ccc2c1.CC.CC. The molecule has 1 aliphatic heterocycles. The lowest BCUT2D eigenvalue weighted by Gasteiger charge is -2.24. The van der Waals surface area contributed by atoms with E-state index in [1.54, 1.807) is 6.08 Å². The zero-order valence-corrected chi connectivity index (χ0v) is 22.4. The van der Waals surface area contributed by atoms with Crippen molar-refractivity contribution < 1.29 is 0 Å². The van der Waals surface area contributed by atoms with Gasteiger partial charge >= 0.3 is 0 Å². The minimum atomic E-state index is 0.409. The lowest BCUT2D eigenvalue weighted by molar-refractivity contribution is 0.341. The minimum absolute atomic E-state index is 0.409. The van der Waals surface area contributed by atoms with Crippen molar-refractivity contribution >= 4 is 17.1 Å². The summed E-state index contributed by atoms with van der Waals surface area (Å²) >= 11 is 0. The smallest absolute Gasteiger partial charge is 0.0857 e. The molecule has 1 heterocycles. The first-order valence-corrected chi connectivity index (χ1v) is 12.5. The summed E-state index contributed by atoms with van der Waals surface area (Å²) in [6.45, 7) is 23.8. The number of aryl methyl sites for hydroxylation is 1. The summed E-state index contributed by atoms with van der Waals surface area (Å²) in [4.78, 5) is 6.93. The second-order valence-electron chi connectivity index (χ2n) is 8.12. The number of allylic oxidation sites excluding steroid dienone is 7. The fraction of sp³-hybridized carbons (Fsp3) is 0.344. The molecular formula is C32H44N2. The summed E-state index contributed by atoms with van der Waals surface area (Å²) in [5.74, 6) is 0. The third kappa shape index (κ3) is 8.67. The molecule has 0 aromatic heterocycles. The Balaban J connectivity index is 0.00000137. The van der Waals surface area contributed by atoms with Gasteiger partial charge in [-0.15, -0.1) is 0 Å². The van der Waals surface area contributed by atoms with Gasteiger partial charge in [-0.1, -0.05) is 113 Å². The van der Waals surface area contributed by atoms with Gasteiger partial charge in [0, 0.05) is 6.54 Å². The fourth-order valence-corrected chi connectivity index (χ4v) is 3.84. The molecule has 2 heteroatoms. The average Bonchev–Trinajstić information content (AvgIpc) is 3.29. The maximum atomic E-state index is 4.56. The van der Waals surface area contributed by atoms with E-state index in [2.05, 4.69) is 92.4 Å². The Morgan fingerprint density at radius 3 is 2.32 bits per heavy atom. The topological polar surface area (TPSA) is 15.6 Å². The van der Waals surface area contributed by atoms with E-state index in [1.807, 2.05) is 46.2 Å². The zero-order valence-electron chi connectivity index (χ0n) is 22.4. The van der Waals surface area contributed by atoms with Crippen LogP contribution in [0.4, 0.5) is 0 Å². The van der Waals surface area contributed by atoms with E-state index in [-0.39, 0.29) is 0 Å². The number of benzene rings is 2. The van der Waals surface area contributed by atoms with E-state index in [0.29, 0.717) is 6.04 Å². The lowest BCUT2D eigenvalue weighted by atomic mass is 10.0. The number of aliphatic imine (C=N–C) groups is 1. The summed E-state index contributed by atoms with van der Waals surface area (Å²) in [5, 5.41) is 2.60. The maximum Gasteiger partial charge on any atom is 0.0857 e. The van der Waals surface area contributed by atoms with E-state index in [4.69, 9.17) is 0 Å². The second kappa shape index (κ2) is 15.7. The summed E-state index contributed by atoms with van der Waals surface area (Å²) < 4.78 is 0. The number of nitrogens with zero attached hydrogens (tertiary/aromatic N) is 2. The largest absolute Gasteiger partial charge is 0.353 e. The molecule has 34 heavy (non-hydrogen) atoms. The molecule has 0 bridgehead atoms. The lowest BCUT2D eigenvalue weighted by Crippen LogP contribution is -2.31. The van der Waals surface area contributed by atoms with Gasteiger partial charge in [0.05, 0.1) is 18.9 Å². The molecule has 1 atom stereocenters. The Morgan fingerprint density at radius 2 is 1.65 bits per heavy atom. The van der Waals surface area contributed by atoms with Gasteiger partial charge < -0.3 is 4.90 Å². The molecule has 1 unspecified atom stereocenters. The summed E-state index contributed by atoms with van der Waals surface area (Å²) in [5.41, 5.74) is 6.27. The first-order valence-electron chi connectivity index (χ1n) is 12.5. The molecule has 0 amide bonds. The molecule has 2 aromatic carbocycles. The van der Waals surface area contributed by atoms with Crippen molar-refractivity contribution in [3.63, 3.8) is 0 Å². The summed E-state index contributed by atoms with van der Waals surface area (Å²) in [6.07, 6.45) is 13.1. The Hall–Kier alpha value is -3.13. The van der Waals surface area contributed by atoms with Crippen LogP contribution in [-0.4, -0.2) is 23.8 Å². The van der Waals surface area contributed by atoms with Crippen molar-refractivity contribution in [3.05, 3.63) is 108 Å². The van der Waals surface area contributed by atoms with Crippen molar-refractivity contribution in [1.29, 1.82) is 0 Å². The Bertz CT molecular complexity index is 1050. The van der Waals surface area contributed by atoms with Gasteiger partial charge in [-0.3, -0.25) is 4.99 Å². The highest BCUT2D eigenvalue weighted by atomic mass is 15.2. The number of hydrogen-bond acceptors (Lipinski definition) is 2. The van der Waals surface area contributed by atoms with Crippen molar-refractivity contribution in [1.82, 2.24) is 4.90 Å². The molecular weight excluding hydrogens is 412 g/mol. The van der Waals surface area contributed by atoms with Crippen LogP contribution >= 0.6 is 0 Å². The third-order valence-corrected chi connectivity index (χ3v) is 5.59. The van der Waals surface area contributed by atoms with Crippen molar-refractivity contribution in [2.45, 2.75) is 67.5 Å². The molecule has 0 saturated heterocycles. The van der Waals surface area contributed by atoms with Gasteiger partial charge in [-0.2, -0.15) is 0 Å². The number of rotatable bonds is 8. The van der Waals surface area contributed by atoms with Crippen LogP contribution in [0, 0.1) is 6.92 Å². The summed E-state index contributed by atoms with van der Waals surface area (Å²) in [7, 11) is 0. The van der Waals surface area contributed by atoms with Gasteiger partial charge in [0.15, 0.2) is 0 Å². The second-order valence-corrected chi connectivity index (χ2v) is 8.12. The van der Waals surface area contributed by atoms with E-state index in [9.17, 15) is 0 Å². The maximum absolute atomic E-state index is 4.56. The highest BCUT2D eigenvalue weighted by Crippen LogP contribution is 2.22. The first-order chi connectivity index (χ1) is 16.5. The summed E-state index contributed by atoms with van der Waals surface area (Å²) in [6, 6.07) is 13.8. The van der Waals surface area contributed by atoms with Crippen LogP contribution in [0.2, 0.25) is 0 Å². The Labute approximate surface area is 208 Å². The highest BCUT2D eigenvalue weighted by molar-refractivity contribution is 5.83. The van der Waals surface area contributed by atoms with E-state index in [1.165, 1.54) is 33.0 Å².